The van der Waals surface area contributed by atoms with Crippen molar-refractivity contribution < 1.29 is 14.3 Å². The Labute approximate surface area is 203 Å². The van der Waals surface area contributed by atoms with Gasteiger partial charge in [0.25, 0.3) is 5.91 Å². The third-order valence-electron chi connectivity index (χ3n) is 6.32. The van der Waals surface area contributed by atoms with Crippen LogP contribution in [0.1, 0.15) is 37.0 Å². The molecule has 1 aliphatic heterocycles. The average molecular weight is 474 g/mol. The van der Waals surface area contributed by atoms with E-state index in [-0.39, 0.29) is 30.8 Å². The minimum Gasteiger partial charge on any atom is -0.497 e. The topological polar surface area (TPSA) is 53.1 Å². The van der Waals surface area contributed by atoms with Crippen LogP contribution in [0.4, 0.5) is 5.69 Å². The number of ether oxygens (including phenoxy) is 1. The number of carbonyl (C=O) groups excluding carboxylic acids is 2. The fourth-order valence-corrected chi connectivity index (χ4v) is 4.22. The molecule has 0 spiro atoms. The van der Waals surface area contributed by atoms with Gasteiger partial charge < -0.3 is 14.5 Å². The molecule has 2 aromatic carbocycles. The number of amides is 2. The summed E-state index contributed by atoms with van der Waals surface area (Å²) in [4.78, 5) is 32.4. The molecule has 2 amide bonds. The summed E-state index contributed by atoms with van der Waals surface area (Å²) in [6.45, 7) is 9.16. The molecule has 1 fully saturated rings. The number of hydrogen-bond donors (Lipinski definition) is 0. The quantitative estimate of drug-likeness (QED) is 0.543. The van der Waals surface area contributed by atoms with Gasteiger partial charge in [0.1, 0.15) is 12.3 Å². The van der Waals surface area contributed by atoms with Crippen LogP contribution in [0.25, 0.3) is 0 Å². The van der Waals surface area contributed by atoms with E-state index in [1.165, 1.54) is 0 Å². The van der Waals surface area contributed by atoms with Crippen molar-refractivity contribution in [2.75, 3.05) is 51.3 Å². The van der Waals surface area contributed by atoms with Crippen LogP contribution >= 0.6 is 12.4 Å². The number of benzene rings is 2. The Hall–Kier alpha value is -2.57. The lowest BCUT2D eigenvalue weighted by Crippen LogP contribution is -2.47. The maximum atomic E-state index is 13.3. The molecule has 1 saturated heterocycles. The number of carbonyl (C=O) groups is 2. The van der Waals surface area contributed by atoms with Crippen LogP contribution < -0.4 is 9.64 Å². The lowest BCUT2D eigenvalue weighted by molar-refractivity contribution is -0.131. The van der Waals surface area contributed by atoms with Crippen molar-refractivity contribution in [3.8, 4) is 5.75 Å². The number of rotatable bonds is 9. The SMILES string of the molecule is CCN(CC)CC1CCN(C(=O)CN(C(=O)c2ccc(OC)cc2)c2ccccc2)CC1.Cl. The Balaban J connectivity index is 0.00000385. The molecule has 6 nitrogen and oxygen atoms in total. The number of piperidine rings is 1. The number of methoxy groups -OCH3 is 1. The molecule has 0 bridgehead atoms. The summed E-state index contributed by atoms with van der Waals surface area (Å²) in [5.41, 5.74) is 1.25. The first-order valence-electron chi connectivity index (χ1n) is 11.6. The zero-order chi connectivity index (χ0) is 22.9. The molecule has 0 aromatic heterocycles. The summed E-state index contributed by atoms with van der Waals surface area (Å²) in [5.74, 6) is 1.13. The second-order valence-electron chi connectivity index (χ2n) is 8.27. The van der Waals surface area contributed by atoms with Crippen LogP contribution in [0.3, 0.4) is 0 Å². The van der Waals surface area contributed by atoms with E-state index in [1.807, 2.05) is 35.2 Å². The summed E-state index contributed by atoms with van der Waals surface area (Å²) < 4.78 is 5.20. The summed E-state index contributed by atoms with van der Waals surface area (Å²) in [5, 5.41) is 0. The fraction of sp³-hybridized carbons (Fsp3) is 0.462. The molecule has 1 aliphatic rings. The molecule has 0 radical (unpaired) electrons. The van der Waals surface area contributed by atoms with E-state index < -0.39 is 0 Å². The molecule has 33 heavy (non-hydrogen) atoms. The van der Waals surface area contributed by atoms with E-state index in [2.05, 4.69) is 18.7 Å². The fourth-order valence-electron chi connectivity index (χ4n) is 4.22. The third kappa shape index (κ3) is 7.21. The summed E-state index contributed by atoms with van der Waals surface area (Å²) >= 11 is 0. The van der Waals surface area contributed by atoms with E-state index in [4.69, 9.17) is 4.74 Å². The Morgan fingerprint density at radius 3 is 2.12 bits per heavy atom. The predicted molar refractivity (Wildman–Crippen MR) is 135 cm³/mol. The van der Waals surface area contributed by atoms with Crippen LogP contribution in [-0.4, -0.2) is 68.0 Å². The highest BCUT2D eigenvalue weighted by atomic mass is 35.5. The Kier molecular flexibility index (Phi) is 10.7. The molecule has 0 saturated carbocycles. The minimum atomic E-state index is -0.191. The Bertz CT molecular complexity index is 864. The monoisotopic (exact) mass is 473 g/mol. The maximum Gasteiger partial charge on any atom is 0.258 e. The van der Waals surface area contributed by atoms with Crippen LogP contribution in [0.5, 0.6) is 5.75 Å². The molecule has 180 valence electrons. The highest BCUT2D eigenvalue weighted by Crippen LogP contribution is 2.22. The molecular formula is C26H36ClN3O3. The van der Waals surface area contributed by atoms with Crippen molar-refractivity contribution in [2.24, 2.45) is 5.92 Å². The third-order valence-corrected chi connectivity index (χ3v) is 6.32. The molecule has 0 aliphatic carbocycles. The summed E-state index contributed by atoms with van der Waals surface area (Å²) in [6, 6.07) is 16.4. The van der Waals surface area contributed by atoms with Crippen molar-refractivity contribution in [3.63, 3.8) is 0 Å². The number of hydrogen-bond acceptors (Lipinski definition) is 4. The standard InChI is InChI=1S/C26H35N3O3.ClH/c1-4-27(5-2)19-21-15-17-28(18-16-21)25(30)20-29(23-9-7-6-8-10-23)26(31)22-11-13-24(32-3)14-12-22;/h6-14,21H,4-5,15-20H2,1-3H3;1H. The lowest BCUT2D eigenvalue weighted by atomic mass is 9.96. The zero-order valence-corrected chi connectivity index (χ0v) is 20.7. The van der Waals surface area contributed by atoms with Gasteiger partial charge in [0, 0.05) is 30.9 Å². The first-order chi connectivity index (χ1) is 15.5. The predicted octanol–water partition coefficient (Wildman–Crippen LogP) is 4.34. The van der Waals surface area contributed by atoms with Gasteiger partial charge in [-0.25, -0.2) is 0 Å². The first kappa shape index (κ1) is 26.7. The second-order valence-corrected chi connectivity index (χ2v) is 8.27. The van der Waals surface area contributed by atoms with Crippen LogP contribution in [0, 0.1) is 5.92 Å². The van der Waals surface area contributed by atoms with Gasteiger partial charge >= 0.3 is 0 Å². The highest BCUT2D eigenvalue weighted by Gasteiger charge is 2.27. The highest BCUT2D eigenvalue weighted by molar-refractivity contribution is 6.08. The molecule has 7 heteroatoms. The number of likely N-dealkylation sites (tertiary alicyclic amines) is 1. The van der Waals surface area contributed by atoms with Gasteiger partial charge in [0.2, 0.25) is 5.91 Å². The Morgan fingerprint density at radius 1 is 0.970 bits per heavy atom. The number of anilines is 1. The van der Waals surface area contributed by atoms with E-state index >= 15 is 0 Å². The molecule has 0 atom stereocenters. The van der Waals surface area contributed by atoms with Gasteiger partial charge in [-0.3, -0.25) is 14.5 Å². The van der Waals surface area contributed by atoms with Crippen LogP contribution in [0.15, 0.2) is 54.6 Å². The van der Waals surface area contributed by atoms with Crippen LogP contribution in [-0.2, 0) is 4.79 Å². The van der Waals surface area contributed by atoms with Crippen molar-refractivity contribution in [2.45, 2.75) is 26.7 Å². The molecule has 1 heterocycles. The molecule has 0 N–H and O–H groups in total. The summed E-state index contributed by atoms with van der Waals surface area (Å²) in [7, 11) is 1.59. The van der Waals surface area contributed by atoms with E-state index in [0.29, 0.717) is 17.2 Å². The average Bonchev–Trinajstić information content (AvgIpc) is 2.86. The molecule has 0 unspecified atom stereocenters. The van der Waals surface area contributed by atoms with E-state index in [9.17, 15) is 9.59 Å². The summed E-state index contributed by atoms with van der Waals surface area (Å²) in [6.07, 6.45) is 2.03. The lowest BCUT2D eigenvalue weighted by Gasteiger charge is -2.35. The van der Waals surface area contributed by atoms with Crippen molar-refractivity contribution in [1.29, 1.82) is 0 Å². The van der Waals surface area contributed by atoms with Gasteiger partial charge in [0.05, 0.1) is 7.11 Å². The molecular weight excluding hydrogens is 438 g/mol. The molecule has 2 aromatic rings. The number of halogens is 1. The van der Waals surface area contributed by atoms with Gasteiger partial charge in [-0.2, -0.15) is 0 Å². The normalized spacial score (nSPS) is 14.0. The van der Waals surface area contributed by atoms with Crippen molar-refractivity contribution in [1.82, 2.24) is 9.80 Å². The minimum absolute atomic E-state index is 0. The second kappa shape index (κ2) is 13.2. The van der Waals surface area contributed by atoms with Gasteiger partial charge in [-0.05, 0) is 68.2 Å². The maximum absolute atomic E-state index is 13.3. The van der Waals surface area contributed by atoms with Crippen LogP contribution in [0.2, 0.25) is 0 Å². The Morgan fingerprint density at radius 2 is 1.58 bits per heavy atom. The van der Waals surface area contributed by atoms with Crippen molar-refractivity contribution in [3.05, 3.63) is 60.2 Å². The van der Waals surface area contributed by atoms with Crippen molar-refractivity contribution >= 4 is 29.9 Å². The number of para-hydroxylation sites is 1. The molecule has 3 rings (SSSR count). The van der Waals surface area contributed by atoms with Gasteiger partial charge in [0.15, 0.2) is 0 Å². The van der Waals surface area contributed by atoms with Gasteiger partial charge in [-0.1, -0.05) is 32.0 Å². The van der Waals surface area contributed by atoms with Gasteiger partial charge in [-0.15, -0.1) is 12.4 Å². The largest absolute Gasteiger partial charge is 0.497 e. The van der Waals surface area contributed by atoms with E-state index in [0.717, 1.165) is 51.3 Å². The number of nitrogens with zero attached hydrogens (tertiary/aromatic N) is 3. The zero-order valence-electron chi connectivity index (χ0n) is 19.9. The first-order valence-corrected chi connectivity index (χ1v) is 11.6. The van der Waals surface area contributed by atoms with E-state index in [1.54, 1.807) is 36.3 Å². The smallest absolute Gasteiger partial charge is 0.258 e.